The molecule has 0 saturated heterocycles. The molecular weight excluding hydrogens is 212 g/mol. The molecule has 72 valence electrons. The number of hydrogen-bond donors (Lipinski definition) is 1. The first-order valence-electron chi connectivity index (χ1n) is 3.92. The van der Waals surface area contributed by atoms with Gasteiger partial charge in [-0.2, -0.15) is 0 Å². The second-order valence-corrected chi connectivity index (χ2v) is 3.89. The van der Waals surface area contributed by atoms with Gasteiger partial charge in [-0.1, -0.05) is 23.2 Å². The van der Waals surface area contributed by atoms with Gasteiger partial charge in [-0.15, -0.1) is 0 Å². The Balaban J connectivity index is 3.06. The van der Waals surface area contributed by atoms with Gasteiger partial charge in [0, 0.05) is 11.1 Å². The Hall–Kier alpha value is -0.470. The van der Waals surface area contributed by atoms with Crippen LogP contribution in [0.1, 0.15) is 13.8 Å². The first-order valence-corrected chi connectivity index (χ1v) is 4.67. The van der Waals surface area contributed by atoms with E-state index in [1.54, 1.807) is 0 Å². The molecule has 1 rings (SSSR count). The van der Waals surface area contributed by atoms with Gasteiger partial charge in [0.25, 0.3) is 0 Å². The van der Waals surface area contributed by atoms with E-state index in [1.807, 2.05) is 13.8 Å². The van der Waals surface area contributed by atoms with E-state index in [0.717, 1.165) is 0 Å². The van der Waals surface area contributed by atoms with Crippen molar-refractivity contribution in [3.63, 3.8) is 0 Å². The minimum absolute atomic E-state index is 0.133. The molecule has 0 heterocycles. The Morgan fingerprint density at radius 3 is 2.38 bits per heavy atom. The van der Waals surface area contributed by atoms with E-state index < -0.39 is 5.82 Å². The number of benzene rings is 1. The number of anilines is 1. The molecule has 0 saturated carbocycles. The third-order valence-electron chi connectivity index (χ3n) is 1.44. The van der Waals surface area contributed by atoms with Crippen LogP contribution in [0, 0.1) is 5.82 Å². The van der Waals surface area contributed by atoms with E-state index in [9.17, 15) is 4.39 Å². The molecule has 13 heavy (non-hydrogen) atoms. The Labute approximate surface area is 86.8 Å². The predicted molar refractivity (Wildman–Crippen MR) is 55.2 cm³/mol. The quantitative estimate of drug-likeness (QED) is 0.798. The average molecular weight is 222 g/mol. The fourth-order valence-electron chi connectivity index (χ4n) is 0.969. The van der Waals surface area contributed by atoms with Crippen molar-refractivity contribution in [3.8, 4) is 0 Å². The van der Waals surface area contributed by atoms with E-state index in [-0.39, 0.29) is 6.04 Å². The lowest BCUT2D eigenvalue weighted by Gasteiger charge is -2.12. The minimum Gasteiger partial charge on any atom is -0.379 e. The lowest BCUT2D eigenvalue weighted by atomic mass is 10.2. The summed E-state index contributed by atoms with van der Waals surface area (Å²) in [4.78, 5) is 0. The highest BCUT2D eigenvalue weighted by molar-refractivity contribution is 6.36. The van der Waals surface area contributed by atoms with Gasteiger partial charge in [-0.25, -0.2) is 4.39 Å². The molecule has 0 aliphatic heterocycles. The summed E-state index contributed by atoms with van der Waals surface area (Å²) in [6.07, 6.45) is 0. The highest BCUT2D eigenvalue weighted by Gasteiger charge is 2.09. The fraction of sp³-hybridized carbons (Fsp3) is 0.333. The second kappa shape index (κ2) is 4.16. The van der Waals surface area contributed by atoms with E-state index in [2.05, 4.69) is 5.32 Å². The summed E-state index contributed by atoms with van der Waals surface area (Å²) in [6, 6.07) is 2.88. The van der Waals surface area contributed by atoms with Crippen LogP contribution >= 0.6 is 23.2 Å². The molecule has 0 fully saturated rings. The van der Waals surface area contributed by atoms with Crippen LogP contribution in [-0.4, -0.2) is 6.04 Å². The van der Waals surface area contributed by atoms with Gasteiger partial charge in [0.2, 0.25) is 0 Å². The SMILES string of the molecule is CC(C)Nc1c(F)cc(Cl)cc1Cl. The summed E-state index contributed by atoms with van der Waals surface area (Å²) >= 11 is 11.4. The maximum absolute atomic E-state index is 13.2. The van der Waals surface area contributed by atoms with Crippen molar-refractivity contribution in [1.29, 1.82) is 0 Å². The normalized spacial score (nSPS) is 10.6. The fourth-order valence-corrected chi connectivity index (χ4v) is 1.49. The maximum Gasteiger partial charge on any atom is 0.149 e. The molecule has 1 aromatic rings. The van der Waals surface area contributed by atoms with Crippen LogP contribution in [-0.2, 0) is 0 Å². The smallest absolute Gasteiger partial charge is 0.149 e. The van der Waals surface area contributed by atoms with Gasteiger partial charge in [0.1, 0.15) is 5.82 Å². The summed E-state index contributed by atoms with van der Waals surface area (Å²) in [5, 5.41) is 3.51. The Bertz CT molecular complexity index is 289. The van der Waals surface area contributed by atoms with Crippen LogP contribution in [0.15, 0.2) is 12.1 Å². The van der Waals surface area contributed by atoms with Crippen molar-refractivity contribution in [3.05, 3.63) is 28.0 Å². The van der Waals surface area contributed by atoms with Gasteiger partial charge in [-0.3, -0.25) is 0 Å². The zero-order valence-corrected chi connectivity index (χ0v) is 8.88. The molecular formula is C9H10Cl2FN. The van der Waals surface area contributed by atoms with Gasteiger partial charge in [0.15, 0.2) is 0 Å². The van der Waals surface area contributed by atoms with Gasteiger partial charge < -0.3 is 5.32 Å². The molecule has 4 heteroatoms. The van der Waals surface area contributed by atoms with E-state index in [0.29, 0.717) is 15.7 Å². The van der Waals surface area contributed by atoms with Crippen molar-refractivity contribution >= 4 is 28.9 Å². The summed E-state index contributed by atoms with van der Waals surface area (Å²) in [5.41, 5.74) is 0.307. The second-order valence-electron chi connectivity index (χ2n) is 3.04. The summed E-state index contributed by atoms with van der Waals surface area (Å²) in [7, 11) is 0. The zero-order valence-electron chi connectivity index (χ0n) is 7.37. The molecule has 1 aromatic carbocycles. The highest BCUT2D eigenvalue weighted by Crippen LogP contribution is 2.29. The summed E-state index contributed by atoms with van der Waals surface area (Å²) in [6.45, 7) is 3.81. The van der Waals surface area contributed by atoms with Crippen molar-refractivity contribution in [2.24, 2.45) is 0 Å². The molecule has 0 amide bonds. The Morgan fingerprint density at radius 1 is 1.31 bits per heavy atom. The van der Waals surface area contributed by atoms with Crippen molar-refractivity contribution in [2.75, 3.05) is 5.32 Å². The molecule has 0 spiro atoms. The molecule has 1 nitrogen and oxygen atoms in total. The molecule has 0 unspecified atom stereocenters. The number of nitrogens with one attached hydrogen (secondary N) is 1. The molecule has 0 aliphatic carbocycles. The van der Waals surface area contributed by atoms with Crippen LogP contribution in [0.25, 0.3) is 0 Å². The predicted octanol–water partition coefficient (Wildman–Crippen LogP) is 3.95. The van der Waals surface area contributed by atoms with E-state index in [1.165, 1.54) is 12.1 Å². The average Bonchev–Trinajstić information content (AvgIpc) is 1.96. The van der Waals surface area contributed by atoms with Crippen LogP contribution in [0.5, 0.6) is 0 Å². The summed E-state index contributed by atoms with van der Waals surface area (Å²) in [5.74, 6) is -0.425. The van der Waals surface area contributed by atoms with E-state index in [4.69, 9.17) is 23.2 Å². The largest absolute Gasteiger partial charge is 0.379 e. The number of rotatable bonds is 2. The third-order valence-corrected chi connectivity index (χ3v) is 1.96. The van der Waals surface area contributed by atoms with E-state index >= 15 is 0 Å². The topological polar surface area (TPSA) is 12.0 Å². The maximum atomic E-state index is 13.2. The number of halogens is 3. The third kappa shape index (κ3) is 2.75. The highest BCUT2D eigenvalue weighted by atomic mass is 35.5. The lowest BCUT2D eigenvalue weighted by molar-refractivity contribution is 0.628. The van der Waals surface area contributed by atoms with Crippen molar-refractivity contribution in [1.82, 2.24) is 0 Å². The molecule has 1 N–H and O–H groups in total. The molecule has 0 radical (unpaired) electrons. The van der Waals surface area contributed by atoms with Crippen LogP contribution < -0.4 is 5.32 Å². The van der Waals surface area contributed by atoms with Crippen molar-refractivity contribution < 1.29 is 4.39 Å². The summed E-state index contributed by atoms with van der Waals surface area (Å²) < 4.78 is 13.2. The minimum atomic E-state index is -0.425. The molecule has 0 atom stereocenters. The molecule has 0 aliphatic rings. The first kappa shape index (κ1) is 10.6. The van der Waals surface area contributed by atoms with Crippen LogP contribution in [0.4, 0.5) is 10.1 Å². The Morgan fingerprint density at radius 2 is 1.92 bits per heavy atom. The monoisotopic (exact) mass is 221 g/mol. The van der Waals surface area contributed by atoms with Crippen LogP contribution in [0.3, 0.4) is 0 Å². The van der Waals surface area contributed by atoms with Crippen LogP contribution in [0.2, 0.25) is 10.0 Å². The molecule has 0 bridgehead atoms. The van der Waals surface area contributed by atoms with Gasteiger partial charge >= 0.3 is 0 Å². The zero-order chi connectivity index (χ0) is 10.0. The lowest BCUT2D eigenvalue weighted by Crippen LogP contribution is -2.11. The first-order chi connectivity index (χ1) is 6.00. The standard InChI is InChI=1S/C9H10Cl2FN/c1-5(2)13-9-7(11)3-6(10)4-8(9)12/h3-5,13H,1-2H3. The Kier molecular flexibility index (Phi) is 3.40. The van der Waals surface area contributed by atoms with Gasteiger partial charge in [-0.05, 0) is 26.0 Å². The number of hydrogen-bond acceptors (Lipinski definition) is 1. The van der Waals surface area contributed by atoms with Gasteiger partial charge in [0.05, 0.1) is 10.7 Å². The van der Waals surface area contributed by atoms with Crippen molar-refractivity contribution in [2.45, 2.75) is 19.9 Å². The molecule has 0 aromatic heterocycles.